The Morgan fingerprint density at radius 3 is 1.04 bits per heavy atom. The summed E-state index contributed by atoms with van der Waals surface area (Å²) < 4.78 is 0. The monoisotopic (exact) mass is 347 g/mol. The smallest absolute Gasteiger partial charge is 0.0243 e. The van der Waals surface area contributed by atoms with Crippen molar-refractivity contribution in [3.8, 4) is 0 Å². The van der Waals surface area contributed by atoms with Crippen molar-refractivity contribution in [1.29, 1.82) is 0 Å². The molecule has 3 rings (SSSR count). The summed E-state index contributed by atoms with van der Waals surface area (Å²) in [6.07, 6.45) is 0. The fourth-order valence-electron chi connectivity index (χ4n) is 3.25. The second kappa shape index (κ2) is 9.33. The predicted octanol–water partition coefficient (Wildman–Crippen LogP) is 4.99. The lowest BCUT2D eigenvalue weighted by Crippen LogP contribution is -2.23. The van der Waals surface area contributed by atoms with Crippen LogP contribution in [-0.2, 0) is 19.6 Å². The van der Waals surface area contributed by atoms with Gasteiger partial charge in [-0.25, -0.2) is 0 Å². The summed E-state index contributed by atoms with van der Waals surface area (Å²) >= 11 is 0. The Hall–Kier alpha value is -2.42. The van der Waals surface area contributed by atoms with Gasteiger partial charge in [0.1, 0.15) is 0 Å². The zero-order valence-corrected chi connectivity index (χ0v) is 16.0. The largest absolute Gasteiger partial charge is 0.412 e. The first-order valence-electron chi connectivity index (χ1n) is 8.99. The van der Waals surface area contributed by atoms with Crippen LogP contribution in [0.2, 0.25) is 0 Å². The molecule has 3 aromatic rings. The van der Waals surface area contributed by atoms with Crippen molar-refractivity contribution in [3.05, 3.63) is 106 Å². The summed E-state index contributed by atoms with van der Waals surface area (Å²) in [6, 6.07) is 26.1. The standard InChI is InChI=1S/C24H27N.H2O/c1-19-10-4-7-13-22(19)16-25(17-23-14-8-5-11-20(23)2)18-24-15-9-6-12-21(24)3;/h4-15H,16-18H2,1-3H3;1H2. The zero-order valence-electron chi connectivity index (χ0n) is 16.0. The molecule has 2 heteroatoms. The van der Waals surface area contributed by atoms with Crippen LogP contribution < -0.4 is 0 Å². The summed E-state index contributed by atoms with van der Waals surface area (Å²) in [6.45, 7) is 9.51. The van der Waals surface area contributed by atoms with E-state index in [1.165, 1.54) is 33.4 Å². The van der Waals surface area contributed by atoms with Gasteiger partial charge in [0.05, 0.1) is 0 Å². The Kier molecular flexibility index (Phi) is 7.14. The molecule has 136 valence electrons. The highest BCUT2D eigenvalue weighted by Gasteiger charge is 2.12. The van der Waals surface area contributed by atoms with Crippen LogP contribution in [0.4, 0.5) is 0 Å². The summed E-state index contributed by atoms with van der Waals surface area (Å²) in [4.78, 5) is 2.55. The average molecular weight is 348 g/mol. The van der Waals surface area contributed by atoms with Gasteiger partial charge in [-0.3, -0.25) is 4.90 Å². The van der Waals surface area contributed by atoms with Gasteiger partial charge in [0.25, 0.3) is 0 Å². The third-order valence-corrected chi connectivity index (χ3v) is 4.97. The van der Waals surface area contributed by atoms with Gasteiger partial charge in [-0.2, -0.15) is 0 Å². The molecule has 0 bridgehead atoms. The lowest BCUT2D eigenvalue weighted by Gasteiger charge is -2.25. The highest BCUT2D eigenvalue weighted by Crippen LogP contribution is 2.19. The molecule has 0 radical (unpaired) electrons. The first kappa shape index (κ1) is 19.9. The zero-order chi connectivity index (χ0) is 17.6. The van der Waals surface area contributed by atoms with Crippen LogP contribution in [0.1, 0.15) is 33.4 Å². The summed E-state index contributed by atoms with van der Waals surface area (Å²) in [5.74, 6) is 0. The lowest BCUT2D eigenvalue weighted by molar-refractivity contribution is 0.246. The summed E-state index contributed by atoms with van der Waals surface area (Å²) in [5.41, 5.74) is 8.31. The fraction of sp³-hybridized carbons (Fsp3) is 0.250. The van der Waals surface area contributed by atoms with Crippen LogP contribution in [0.15, 0.2) is 72.8 Å². The van der Waals surface area contributed by atoms with E-state index in [-0.39, 0.29) is 5.48 Å². The molecule has 0 amide bonds. The molecule has 0 spiro atoms. The minimum Gasteiger partial charge on any atom is -0.412 e. The third kappa shape index (κ3) is 5.04. The predicted molar refractivity (Wildman–Crippen MR) is 110 cm³/mol. The minimum atomic E-state index is 0. The van der Waals surface area contributed by atoms with Crippen LogP contribution in [0.3, 0.4) is 0 Å². The molecule has 0 saturated carbocycles. The molecule has 0 atom stereocenters. The Labute approximate surface area is 157 Å². The Morgan fingerprint density at radius 2 is 0.769 bits per heavy atom. The van der Waals surface area contributed by atoms with Crippen LogP contribution >= 0.6 is 0 Å². The van der Waals surface area contributed by atoms with E-state index in [2.05, 4.69) is 98.5 Å². The molecule has 26 heavy (non-hydrogen) atoms. The Morgan fingerprint density at radius 1 is 0.500 bits per heavy atom. The maximum absolute atomic E-state index is 2.55. The summed E-state index contributed by atoms with van der Waals surface area (Å²) in [7, 11) is 0. The van der Waals surface area contributed by atoms with Crippen molar-refractivity contribution in [2.24, 2.45) is 0 Å². The highest BCUT2D eigenvalue weighted by molar-refractivity contribution is 5.29. The number of rotatable bonds is 6. The van der Waals surface area contributed by atoms with Crippen LogP contribution in [0, 0.1) is 20.8 Å². The van der Waals surface area contributed by atoms with E-state index in [4.69, 9.17) is 0 Å². The molecule has 2 N–H and O–H groups in total. The van der Waals surface area contributed by atoms with E-state index in [1.54, 1.807) is 0 Å². The average Bonchev–Trinajstić information content (AvgIpc) is 2.61. The highest BCUT2D eigenvalue weighted by atomic mass is 16.0. The minimum absolute atomic E-state index is 0. The van der Waals surface area contributed by atoms with Gasteiger partial charge >= 0.3 is 0 Å². The van der Waals surface area contributed by atoms with Gasteiger partial charge in [0.15, 0.2) is 0 Å². The molecule has 0 saturated heterocycles. The second-order valence-corrected chi connectivity index (χ2v) is 6.92. The quantitative estimate of drug-likeness (QED) is 0.618. The molecule has 0 aromatic heterocycles. The number of hydrogen-bond donors (Lipinski definition) is 0. The van der Waals surface area contributed by atoms with E-state index in [0.29, 0.717) is 0 Å². The SMILES string of the molecule is Cc1ccccc1CN(Cc1ccccc1C)Cc1ccccc1C.O. The maximum Gasteiger partial charge on any atom is 0.0243 e. The molecule has 2 nitrogen and oxygen atoms in total. The van der Waals surface area contributed by atoms with Crippen molar-refractivity contribution < 1.29 is 5.48 Å². The topological polar surface area (TPSA) is 34.7 Å². The molecule has 0 unspecified atom stereocenters. The van der Waals surface area contributed by atoms with Crippen molar-refractivity contribution in [3.63, 3.8) is 0 Å². The van der Waals surface area contributed by atoms with Crippen molar-refractivity contribution in [1.82, 2.24) is 4.90 Å². The summed E-state index contributed by atoms with van der Waals surface area (Å²) in [5, 5.41) is 0. The Balaban J connectivity index is 0.00000243. The number of benzene rings is 3. The normalized spacial score (nSPS) is 10.6. The molecular weight excluding hydrogens is 318 g/mol. The van der Waals surface area contributed by atoms with Gasteiger partial charge in [-0.05, 0) is 54.2 Å². The van der Waals surface area contributed by atoms with Gasteiger partial charge in [-0.1, -0.05) is 72.8 Å². The van der Waals surface area contributed by atoms with Crippen LogP contribution in [0.25, 0.3) is 0 Å². The second-order valence-electron chi connectivity index (χ2n) is 6.92. The van der Waals surface area contributed by atoms with E-state index < -0.39 is 0 Å². The van der Waals surface area contributed by atoms with Gasteiger partial charge in [-0.15, -0.1) is 0 Å². The van der Waals surface area contributed by atoms with E-state index in [9.17, 15) is 0 Å². The number of aryl methyl sites for hydroxylation is 3. The van der Waals surface area contributed by atoms with Crippen molar-refractivity contribution in [2.45, 2.75) is 40.4 Å². The number of nitrogens with zero attached hydrogens (tertiary/aromatic N) is 1. The molecule has 0 aliphatic carbocycles. The van der Waals surface area contributed by atoms with Crippen LogP contribution in [-0.4, -0.2) is 10.4 Å². The molecule has 0 heterocycles. The van der Waals surface area contributed by atoms with E-state index in [0.717, 1.165) is 19.6 Å². The molecule has 3 aromatic carbocycles. The molecular formula is C24H29NO. The molecule has 0 aliphatic rings. The first-order chi connectivity index (χ1) is 12.1. The third-order valence-electron chi connectivity index (χ3n) is 4.97. The Bertz CT molecular complexity index is 728. The van der Waals surface area contributed by atoms with E-state index in [1.807, 2.05) is 0 Å². The van der Waals surface area contributed by atoms with Crippen molar-refractivity contribution >= 4 is 0 Å². The van der Waals surface area contributed by atoms with Crippen LogP contribution in [0.5, 0.6) is 0 Å². The van der Waals surface area contributed by atoms with Gasteiger partial charge in [0, 0.05) is 19.6 Å². The van der Waals surface area contributed by atoms with E-state index >= 15 is 0 Å². The number of hydrogen-bond acceptors (Lipinski definition) is 1. The van der Waals surface area contributed by atoms with Crippen molar-refractivity contribution in [2.75, 3.05) is 0 Å². The van der Waals surface area contributed by atoms with Gasteiger partial charge in [0.2, 0.25) is 0 Å². The van der Waals surface area contributed by atoms with Gasteiger partial charge < -0.3 is 5.48 Å². The molecule has 0 fully saturated rings. The maximum atomic E-state index is 2.55. The fourth-order valence-corrected chi connectivity index (χ4v) is 3.25. The lowest BCUT2D eigenvalue weighted by atomic mass is 10.0. The first-order valence-corrected chi connectivity index (χ1v) is 8.99. The molecule has 0 aliphatic heterocycles.